The van der Waals surface area contributed by atoms with Crippen molar-refractivity contribution in [1.29, 1.82) is 0 Å². The zero-order valence-electron chi connectivity index (χ0n) is 6.83. The first-order valence-corrected chi connectivity index (χ1v) is 3.25. The maximum absolute atomic E-state index is 10.6. The van der Waals surface area contributed by atoms with E-state index < -0.39 is 6.29 Å². The predicted molar refractivity (Wildman–Crippen MR) is 38.5 cm³/mol. The van der Waals surface area contributed by atoms with Gasteiger partial charge in [0.1, 0.15) is 0 Å². The van der Waals surface area contributed by atoms with E-state index in [9.17, 15) is 4.79 Å². The molecule has 0 aromatic carbocycles. The number of carbonyl (C=O) groups excluding carboxylic acids is 1. The van der Waals surface area contributed by atoms with E-state index in [1.807, 2.05) is 0 Å². The van der Waals surface area contributed by atoms with E-state index in [2.05, 4.69) is 16.6 Å². The first-order chi connectivity index (χ1) is 5.24. The van der Waals surface area contributed by atoms with Gasteiger partial charge in [-0.2, -0.15) is 4.74 Å². The van der Waals surface area contributed by atoms with Crippen molar-refractivity contribution >= 4 is 5.97 Å². The molecular weight excluding hydrogens is 148 g/mol. The Hall–Kier alpha value is -0.740. The predicted octanol–water partition coefficient (Wildman–Crippen LogP) is 0.720. The highest BCUT2D eigenvalue weighted by Gasteiger charge is 2.11. The fourth-order valence-electron chi connectivity index (χ4n) is 0.607. The van der Waals surface area contributed by atoms with Crippen molar-refractivity contribution in [3.8, 4) is 0 Å². The normalized spacial score (nSPS) is 12.5. The van der Waals surface area contributed by atoms with Crippen molar-refractivity contribution in [3.63, 3.8) is 0 Å². The highest BCUT2D eigenvalue weighted by molar-refractivity contribution is 5.69. The third-order valence-electron chi connectivity index (χ3n) is 1.26. The van der Waals surface area contributed by atoms with Crippen LogP contribution < -0.4 is 0 Å². The molecule has 0 aromatic rings. The summed E-state index contributed by atoms with van der Waals surface area (Å²) in [7, 11) is 6.02. The number of hydrogen-bond acceptors (Lipinski definition) is 4. The lowest BCUT2D eigenvalue weighted by atomic mass is 10.3. The number of methoxy groups -OCH3 is 2. The molecule has 4 nitrogen and oxygen atoms in total. The highest BCUT2D eigenvalue weighted by atomic mass is 16.7. The maximum atomic E-state index is 10.6. The fraction of sp³-hybridized carbons (Fsp3) is 0.714. The smallest absolute Gasteiger partial charge is 0.305 e. The minimum atomic E-state index is -0.422. The van der Waals surface area contributed by atoms with Crippen molar-refractivity contribution in [2.24, 2.45) is 0 Å². The van der Waals surface area contributed by atoms with Gasteiger partial charge in [0.2, 0.25) is 13.4 Å². The summed E-state index contributed by atoms with van der Waals surface area (Å²) in [6.07, 6.45) is 0.325. The number of carbonyl (C=O) groups is 1. The maximum Gasteiger partial charge on any atom is 0.305 e. The molecule has 0 aliphatic rings. The van der Waals surface area contributed by atoms with Crippen molar-refractivity contribution in [3.05, 3.63) is 7.11 Å². The first kappa shape index (κ1) is 10.3. The van der Waals surface area contributed by atoms with E-state index in [1.54, 1.807) is 0 Å². The Morgan fingerprint density at radius 1 is 1.55 bits per heavy atom. The second-order valence-electron chi connectivity index (χ2n) is 1.95. The minimum absolute atomic E-state index is 0.274. The van der Waals surface area contributed by atoms with Gasteiger partial charge in [0.15, 0.2) is 0 Å². The van der Waals surface area contributed by atoms with Gasteiger partial charge in [-0.15, -0.1) is 0 Å². The van der Waals surface area contributed by atoms with E-state index in [-0.39, 0.29) is 12.4 Å². The lowest BCUT2D eigenvalue weighted by molar-refractivity contribution is -0.144. The summed E-state index contributed by atoms with van der Waals surface area (Å²) < 4.78 is 13.8. The van der Waals surface area contributed by atoms with Crippen LogP contribution in [-0.4, -0.2) is 26.5 Å². The quantitative estimate of drug-likeness (QED) is 0.338. The van der Waals surface area contributed by atoms with Crippen LogP contribution >= 0.6 is 0 Å². The minimum Gasteiger partial charge on any atom is -0.469 e. The van der Waals surface area contributed by atoms with Crippen LogP contribution in [0, 0.1) is 7.11 Å². The second kappa shape index (κ2) is 6.00. The molecule has 1 unspecified atom stereocenters. The van der Waals surface area contributed by atoms with E-state index in [0.717, 1.165) is 0 Å². The van der Waals surface area contributed by atoms with Gasteiger partial charge in [-0.1, -0.05) is 0 Å². The van der Waals surface area contributed by atoms with Gasteiger partial charge < -0.3 is 9.47 Å². The van der Waals surface area contributed by atoms with Crippen LogP contribution in [0.25, 0.3) is 0 Å². The molecule has 0 saturated heterocycles. The molecule has 0 aliphatic heterocycles. The third-order valence-corrected chi connectivity index (χ3v) is 1.26. The Morgan fingerprint density at radius 2 is 2.18 bits per heavy atom. The number of esters is 1. The standard InChI is InChI=1S/C7H13O4/c1-9-6(8)4-5-7(10-2)11-3/h7H,2,4-5H2,1,3H3/q+1. The van der Waals surface area contributed by atoms with Gasteiger partial charge in [0.25, 0.3) is 0 Å². The Labute approximate surface area is 66.4 Å². The van der Waals surface area contributed by atoms with E-state index in [4.69, 9.17) is 4.74 Å². The van der Waals surface area contributed by atoms with E-state index in [0.29, 0.717) is 6.42 Å². The molecule has 0 fully saturated rings. The zero-order valence-corrected chi connectivity index (χ0v) is 6.83. The largest absolute Gasteiger partial charge is 0.469 e. The molecule has 4 heteroatoms. The second-order valence-corrected chi connectivity index (χ2v) is 1.95. The average Bonchev–Trinajstić information content (AvgIpc) is 2.06. The number of hydrogen-bond donors (Lipinski definition) is 0. The molecule has 64 valence electrons. The van der Waals surface area contributed by atoms with Gasteiger partial charge in [0.05, 0.1) is 13.5 Å². The van der Waals surface area contributed by atoms with Gasteiger partial charge in [-0.3, -0.25) is 4.79 Å². The molecule has 0 rings (SSSR count). The summed E-state index contributed by atoms with van der Waals surface area (Å²) in [6.45, 7) is 0. The molecule has 0 aliphatic carbocycles. The monoisotopic (exact) mass is 161 g/mol. The molecule has 0 amide bonds. The fourth-order valence-corrected chi connectivity index (χ4v) is 0.607. The molecule has 0 aromatic heterocycles. The topological polar surface area (TPSA) is 44.8 Å². The van der Waals surface area contributed by atoms with Crippen molar-refractivity contribution in [2.45, 2.75) is 19.1 Å². The summed E-state index contributed by atoms with van der Waals surface area (Å²) in [6, 6.07) is 0. The van der Waals surface area contributed by atoms with Crippen LogP contribution in [0.2, 0.25) is 0 Å². The van der Waals surface area contributed by atoms with Gasteiger partial charge in [-0.05, 0) is 0 Å². The molecule has 0 radical (unpaired) electrons. The highest BCUT2D eigenvalue weighted by Crippen LogP contribution is 2.02. The Kier molecular flexibility index (Phi) is 5.60. The van der Waals surface area contributed by atoms with Crippen LogP contribution in [0.4, 0.5) is 0 Å². The van der Waals surface area contributed by atoms with Crippen molar-refractivity contribution in [1.82, 2.24) is 0 Å². The van der Waals surface area contributed by atoms with Crippen LogP contribution in [0.1, 0.15) is 12.8 Å². The van der Waals surface area contributed by atoms with Crippen molar-refractivity contribution in [2.75, 3.05) is 14.2 Å². The van der Waals surface area contributed by atoms with E-state index >= 15 is 0 Å². The number of ether oxygens (including phenoxy) is 3. The summed E-state index contributed by atoms with van der Waals surface area (Å²) in [4.78, 5) is 10.6. The van der Waals surface area contributed by atoms with Crippen LogP contribution in [0.3, 0.4) is 0 Å². The van der Waals surface area contributed by atoms with Crippen LogP contribution in [0.15, 0.2) is 0 Å². The first-order valence-electron chi connectivity index (χ1n) is 3.25. The van der Waals surface area contributed by atoms with E-state index in [1.165, 1.54) is 14.2 Å². The number of rotatable bonds is 5. The summed E-state index contributed by atoms with van der Waals surface area (Å²) in [5.74, 6) is -0.274. The third kappa shape index (κ3) is 4.64. The Balaban J connectivity index is 3.42. The Morgan fingerprint density at radius 3 is 2.55 bits per heavy atom. The van der Waals surface area contributed by atoms with Crippen molar-refractivity contribution < 1.29 is 19.0 Å². The zero-order chi connectivity index (χ0) is 8.69. The SMILES string of the molecule is [CH2+]OC(CCC(=O)OC)OC. The molecule has 0 heterocycles. The average molecular weight is 161 g/mol. The summed E-state index contributed by atoms with van der Waals surface area (Å²) in [5, 5.41) is 0. The summed E-state index contributed by atoms with van der Waals surface area (Å²) in [5.41, 5.74) is 0. The van der Waals surface area contributed by atoms with Gasteiger partial charge >= 0.3 is 5.97 Å². The Bertz CT molecular complexity index is 109. The molecule has 0 bridgehead atoms. The lowest BCUT2D eigenvalue weighted by Gasteiger charge is -2.06. The molecule has 0 spiro atoms. The van der Waals surface area contributed by atoms with Crippen LogP contribution in [0.5, 0.6) is 0 Å². The molecular formula is C7H13O4+. The van der Waals surface area contributed by atoms with Crippen LogP contribution in [-0.2, 0) is 19.0 Å². The summed E-state index contributed by atoms with van der Waals surface area (Å²) >= 11 is 0. The molecule has 1 atom stereocenters. The van der Waals surface area contributed by atoms with Gasteiger partial charge in [-0.25, -0.2) is 0 Å². The molecule has 0 N–H and O–H groups in total. The molecule has 0 saturated carbocycles. The molecule has 11 heavy (non-hydrogen) atoms. The lowest BCUT2D eigenvalue weighted by Crippen LogP contribution is -2.14. The van der Waals surface area contributed by atoms with Gasteiger partial charge in [0, 0.05) is 13.5 Å².